The molecule has 0 aliphatic rings. The molecule has 0 aliphatic heterocycles. The van der Waals surface area contributed by atoms with Gasteiger partial charge >= 0.3 is 0 Å². The predicted octanol–water partition coefficient (Wildman–Crippen LogP) is 3.33. The topological polar surface area (TPSA) is 48.7 Å². The average Bonchev–Trinajstić information content (AvgIpc) is 2.85. The standard InChI is InChI=1S/C12H10FN3S/c1-8(12-6-17-7-15-12)16-11-3-2-10(13)4-9(11)5-14/h2-4,6-8,16H,1H3. The molecular weight excluding hydrogens is 237 g/mol. The molecule has 1 aromatic carbocycles. The second kappa shape index (κ2) is 4.93. The highest BCUT2D eigenvalue weighted by molar-refractivity contribution is 7.07. The fraction of sp³-hybridized carbons (Fsp3) is 0.167. The molecular formula is C12H10FN3S. The summed E-state index contributed by atoms with van der Waals surface area (Å²) < 4.78 is 13.0. The van der Waals surface area contributed by atoms with Gasteiger partial charge in [0.15, 0.2) is 0 Å². The van der Waals surface area contributed by atoms with Gasteiger partial charge in [0, 0.05) is 5.38 Å². The van der Waals surface area contributed by atoms with Crippen LogP contribution in [0.3, 0.4) is 0 Å². The number of rotatable bonds is 3. The van der Waals surface area contributed by atoms with Gasteiger partial charge < -0.3 is 5.32 Å². The normalized spacial score (nSPS) is 11.8. The Morgan fingerprint density at radius 1 is 1.53 bits per heavy atom. The molecule has 1 unspecified atom stereocenters. The fourth-order valence-electron chi connectivity index (χ4n) is 1.48. The number of halogens is 1. The van der Waals surface area contributed by atoms with Crippen molar-refractivity contribution in [1.29, 1.82) is 5.26 Å². The monoisotopic (exact) mass is 247 g/mol. The van der Waals surface area contributed by atoms with Crippen LogP contribution in [0, 0.1) is 17.1 Å². The second-order valence-electron chi connectivity index (χ2n) is 3.58. The van der Waals surface area contributed by atoms with Gasteiger partial charge in [-0.15, -0.1) is 11.3 Å². The Kier molecular flexibility index (Phi) is 3.35. The molecule has 0 saturated carbocycles. The molecule has 0 amide bonds. The van der Waals surface area contributed by atoms with Gasteiger partial charge in [-0.1, -0.05) is 0 Å². The molecule has 2 rings (SSSR count). The van der Waals surface area contributed by atoms with Crippen molar-refractivity contribution >= 4 is 17.0 Å². The van der Waals surface area contributed by atoms with Crippen LogP contribution in [0.15, 0.2) is 29.1 Å². The molecule has 3 nitrogen and oxygen atoms in total. The average molecular weight is 247 g/mol. The summed E-state index contributed by atoms with van der Waals surface area (Å²) in [5, 5.41) is 14.0. The van der Waals surface area contributed by atoms with Gasteiger partial charge in [-0.25, -0.2) is 9.37 Å². The fourth-order valence-corrected chi connectivity index (χ4v) is 2.13. The number of nitrogens with one attached hydrogen (secondary N) is 1. The van der Waals surface area contributed by atoms with E-state index in [4.69, 9.17) is 5.26 Å². The van der Waals surface area contributed by atoms with Crippen molar-refractivity contribution in [2.75, 3.05) is 5.32 Å². The van der Waals surface area contributed by atoms with Gasteiger partial charge in [0.05, 0.1) is 28.5 Å². The Morgan fingerprint density at radius 2 is 2.35 bits per heavy atom. The van der Waals surface area contributed by atoms with E-state index in [1.165, 1.54) is 23.5 Å². The number of hydrogen-bond donors (Lipinski definition) is 1. The van der Waals surface area contributed by atoms with Gasteiger partial charge in [0.1, 0.15) is 11.9 Å². The van der Waals surface area contributed by atoms with E-state index in [1.807, 2.05) is 18.4 Å². The first-order valence-electron chi connectivity index (χ1n) is 5.05. The van der Waals surface area contributed by atoms with Gasteiger partial charge in [-0.05, 0) is 25.1 Å². The van der Waals surface area contributed by atoms with Crippen LogP contribution >= 0.6 is 11.3 Å². The molecule has 86 valence electrons. The van der Waals surface area contributed by atoms with E-state index in [9.17, 15) is 4.39 Å². The van der Waals surface area contributed by atoms with Crippen molar-refractivity contribution in [3.8, 4) is 6.07 Å². The molecule has 0 spiro atoms. The van der Waals surface area contributed by atoms with Crippen LogP contribution in [0.5, 0.6) is 0 Å². The maximum Gasteiger partial charge on any atom is 0.124 e. The molecule has 0 aliphatic carbocycles. The van der Waals surface area contributed by atoms with E-state index in [-0.39, 0.29) is 6.04 Å². The van der Waals surface area contributed by atoms with Crippen molar-refractivity contribution < 1.29 is 4.39 Å². The molecule has 17 heavy (non-hydrogen) atoms. The van der Waals surface area contributed by atoms with Crippen LogP contribution in [0.25, 0.3) is 0 Å². The first-order valence-corrected chi connectivity index (χ1v) is 5.99. The maximum absolute atomic E-state index is 13.0. The highest BCUT2D eigenvalue weighted by Gasteiger charge is 2.10. The summed E-state index contributed by atoms with van der Waals surface area (Å²) in [5.74, 6) is -0.409. The van der Waals surface area contributed by atoms with Gasteiger partial charge in [0.25, 0.3) is 0 Å². The molecule has 0 saturated heterocycles. The highest BCUT2D eigenvalue weighted by Crippen LogP contribution is 2.22. The van der Waals surface area contributed by atoms with Crippen molar-refractivity contribution in [2.45, 2.75) is 13.0 Å². The third-order valence-electron chi connectivity index (χ3n) is 2.37. The van der Waals surface area contributed by atoms with Gasteiger partial charge in [-0.3, -0.25) is 0 Å². The van der Waals surface area contributed by atoms with Crippen LogP contribution in [-0.4, -0.2) is 4.98 Å². The number of aromatic nitrogens is 1. The van der Waals surface area contributed by atoms with Crippen molar-refractivity contribution in [2.24, 2.45) is 0 Å². The summed E-state index contributed by atoms with van der Waals surface area (Å²) in [6.45, 7) is 1.94. The SMILES string of the molecule is CC(Nc1ccc(F)cc1C#N)c1cscn1. The summed E-state index contributed by atoms with van der Waals surface area (Å²) in [7, 11) is 0. The molecule has 1 aromatic heterocycles. The summed E-state index contributed by atoms with van der Waals surface area (Å²) in [6.07, 6.45) is 0. The molecule has 1 N–H and O–H groups in total. The van der Waals surface area contributed by atoms with Crippen molar-refractivity contribution in [3.05, 3.63) is 46.2 Å². The van der Waals surface area contributed by atoms with E-state index < -0.39 is 5.82 Å². The van der Waals surface area contributed by atoms with Crippen molar-refractivity contribution in [1.82, 2.24) is 4.98 Å². The Morgan fingerprint density at radius 3 is 3.00 bits per heavy atom. The summed E-state index contributed by atoms with van der Waals surface area (Å²) in [4.78, 5) is 4.18. The molecule has 0 fully saturated rings. The lowest BCUT2D eigenvalue weighted by Gasteiger charge is -2.14. The van der Waals surface area contributed by atoms with Crippen LogP contribution in [0.2, 0.25) is 0 Å². The minimum absolute atomic E-state index is 0.0150. The molecule has 2 aromatic rings. The van der Waals surface area contributed by atoms with Crippen molar-refractivity contribution in [3.63, 3.8) is 0 Å². The first-order chi connectivity index (χ1) is 8.20. The third-order valence-corrected chi connectivity index (χ3v) is 2.97. The number of nitriles is 1. The Labute approximate surface area is 103 Å². The van der Waals surface area contributed by atoms with Gasteiger partial charge in [0.2, 0.25) is 0 Å². The van der Waals surface area contributed by atoms with E-state index in [0.717, 1.165) is 5.69 Å². The van der Waals surface area contributed by atoms with Crippen LogP contribution < -0.4 is 5.32 Å². The van der Waals surface area contributed by atoms with E-state index in [2.05, 4.69) is 10.3 Å². The zero-order valence-electron chi connectivity index (χ0n) is 9.14. The minimum atomic E-state index is -0.409. The zero-order chi connectivity index (χ0) is 12.3. The molecule has 5 heteroatoms. The second-order valence-corrected chi connectivity index (χ2v) is 4.30. The Hall–Kier alpha value is -1.93. The lowest BCUT2D eigenvalue weighted by molar-refractivity contribution is 0.627. The number of nitrogens with zero attached hydrogens (tertiary/aromatic N) is 2. The van der Waals surface area contributed by atoms with E-state index in [1.54, 1.807) is 11.6 Å². The summed E-state index contributed by atoms with van der Waals surface area (Å²) in [6, 6.07) is 6.07. The number of benzene rings is 1. The van der Waals surface area contributed by atoms with Crippen LogP contribution in [-0.2, 0) is 0 Å². The van der Waals surface area contributed by atoms with Crippen LogP contribution in [0.1, 0.15) is 24.2 Å². The number of thiazole rings is 1. The number of anilines is 1. The molecule has 1 atom stereocenters. The predicted molar refractivity (Wildman–Crippen MR) is 65.3 cm³/mol. The lowest BCUT2D eigenvalue weighted by Crippen LogP contribution is -2.08. The van der Waals surface area contributed by atoms with Crippen LogP contribution in [0.4, 0.5) is 10.1 Å². The summed E-state index contributed by atoms with van der Waals surface area (Å²) in [5.41, 5.74) is 3.58. The van der Waals surface area contributed by atoms with Gasteiger partial charge in [-0.2, -0.15) is 5.26 Å². The molecule has 1 heterocycles. The Bertz CT molecular complexity index is 545. The quantitative estimate of drug-likeness (QED) is 0.905. The Balaban J connectivity index is 2.22. The number of hydrogen-bond acceptors (Lipinski definition) is 4. The largest absolute Gasteiger partial charge is 0.376 e. The highest BCUT2D eigenvalue weighted by atomic mass is 32.1. The minimum Gasteiger partial charge on any atom is -0.376 e. The molecule has 0 radical (unpaired) electrons. The zero-order valence-corrected chi connectivity index (χ0v) is 9.96. The summed E-state index contributed by atoms with van der Waals surface area (Å²) >= 11 is 1.51. The van der Waals surface area contributed by atoms with E-state index >= 15 is 0 Å². The van der Waals surface area contributed by atoms with E-state index in [0.29, 0.717) is 11.3 Å². The maximum atomic E-state index is 13.0. The smallest absolute Gasteiger partial charge is 0.124 e. The lowest BCUT2D eigenvalue weighted by atomic mass is 10.1. The third kappa shape index (κ3) is 2.60. The molecule has 0 bridgehead atoms. The first kappa shape index (κ1) is 11.6.